The fourth-order valence-electron chi connectivity index (χ4n) is 4.64. The third-order valence-corrected chi connectivity index (χ3v) is 11.2. The molecule has 1 aromatic carbocycles. The summed E-state index contributed by atoms with van der Waals surface area (Å²) >= 11 is 3.12. The number of para-hydroxylation sites is 1. The van der Waals surface area contributed by atoms with Gasteiger partial charge >= 0.3 is 5.97 Å². The van der Waals surface area contributed by atoms with Crippen molar-refractivity contribution in [1.82, 2.24) is 24.6 Å². The van der Waals surface area contributed by atoms with Crippen molar-refractivity contribution in [3.05, 3.63) is 51.3 Å². The molecule has 0 unspecified atom stereocenters. The molecular weight excluding hydrogens is 587 g/mol. The number of thiazole rings is 2. The maximum atomic E-state index is 12.7. The second-order valence-electron chi connectivity index (χ2n) is 11.9. The molecule has 5 rings (SSSR count). The van der Waals surface area contributed by atoms with Gasteiger partial charge in [0.1, 0.15) is 6.73 Å². The molecular formula is C29H39N7O3S2Si. The summed E-state index contributed by atoms with van der Waals surface area (Å²) in [5.41, 5.74) is 2.38. The maximum Gasteiger partial charge on any atom is 0.358 e. The average Bonchev–Trinajstić information content (AvgIpc) is 3.51. The second-order valence-corrected chi connectivity index (χ2v) is 19.5. The number of fused-ring (bicyclic) bond motifs is 1. The van der Waals surface area contributed by atoms with Crippen LogP contribution in [0.25, 0.3) is 10.2 Å². The lowest BCUT2D eigenvalue weighted by Crippen LogP contribution is -2.41. The van der Waals surface area contributed by atoms with E-state index in [9.17, 15) is 4.79 Å². The first-order valence-corrected chi connectivity index (χ1v) is 19.5. The van der Waals surface area contributed by atoms with Gasteiger partial charge in [0, 0.05) is 45.6 Å². The fraction of sp³-hybridized carbons (Fsp3) is 0.483. The van der Waals surface area contributed by atoms with E-state index in [1.165, 1.54) is 11.3 Å². The molecule has 224 valence electrons. The van der Waals surface area contributed by atoms with Gasteiger partial charge in [-0.15, -0.1) is 21.5 Å². The first-order valence-electron chi connectivity index (χ1n) is 14.2. The second kappa shape index (κ2) is 12.7. The number of anilines is 2. The highest BCUT2D eigenvalue weighted by molar-refractivity contribution is 7.16. The number of likely N-dealkylation sites (N-methyl/N-ethyl adjacent to an activating group) is 1. The van der Waals surface area contributed by atoms with Crippen LogP contribution in [0.3, 0.4) is 0 Å². The Balaban J connectivity index is 1.42. The van der Waals surface area contributed by atoms with Crippen LogP contribution >= 0.6 is 22.7 Å². The van der Waals surface area contributed by atoms with Crippen molar-refractivity contribution in [2.45, 2.75) is 52.2 Å². The van der Waals surface area contributed by atoms with Crippen molar-refractivity contribution in [3.8, 4) is 0 Å². The van der Waals surface area contributed by atoms with E-state index in [1.54, 1.807) is 18.3 Å². The number of hydrogen-bond donors (Lipinski definition) is 0. The molecule has 0 bridgehead atoms. The van der Waals surface area contributed by atoms with E-state index in [4.69, 9.17) is 14.5 Å². The summed E-state index contributed by atoms with van der Waals surface area (Å²) in [6.45, 7) is 14.1. The standard InChI is InChI=1S/C29H39N7O3S2Si/c1-8-39-27(37)24-25(20-16-34(3)17-20)41-28(30-24)35(4)23-15-19(2)26(33-32-23)31-29-36(18-38-13-14-42(5,6)7)21-11-9-10-12-22(21)40-29/h9-12,15,20H,8,13-14,16-18H2,1-7H3. The Morgan fingerprint density at radius 1 is 1.19 bits per heavy atom. The van der Waals surface area contributed by atoms with Crippen molar-refractivity contribution >= 4 is 63.7 Å². The summed E-state index contributed by atoms with van der Waals surface area (Å²) in [4.78, 5) is 28.2. The number of nitrogens with zero attached hydrogens (tertiary/aromatic N) is 7. The molecule has 1 aliphatic rings. The molecule has 1 saturated heterocycles. The molecule has 3 aromatic heterocycles. The number of esters is 1. The van der Waals surface area contributed by atoms with Gasteiger partial charge in [-0.25, -0.2) is 9.78 Å². The maximum absolute atomic E-state index is 12.7. The molecule has 0 atom stereocenters. The summed E-state index contributed by atoms with van der Waals surface area (Å²) in [5.74, 6) is 1.08. The Hall–Kier alpha value is -2.97. The Morgan fingerprint density at radius 2 is 1.95 bits per heavy atom. The smallest absolute Gasteiger partial charge is 0.358 e. The summed E-state index contributed by atoms with van der Waals surface area (Å²) in [6.07, 6.45) is 0. The average molecular weight is 626 g/mol. The predicted molar refractivity (Wildman–Crippen MR) is 172 cm³/mol. The van der Waals surface area contributed by atoms with Gasteiger partial charge in [-0.05, 0) is 50.7 Å². The summed E-state index contributed by atoms with van der Waals surface area (Å²) in [6, 6.07) is 11.3. The number of rotatable bonds is 11. The van der Waals surface area contributed by atoms with Crippen molar-refractivity contribution in [3.63, 3.8) is 0 Å². The van der Waals surface area contributed by atoms with E-state index in [0.717, 1.165) is 51.2 Å². The molecule has 10 nitrogen and oxygen atoms in total. The lowest BCUT2D eigenvalue weighted by atomic mass is 9.98. The summed E-state index contributed by atoms with van der Waals surface area (Å²) in [7, 11) is 2.78. The van der Waals surface area contributed by atoms with Gasteiger partial charge in [0.2, 0.25) is 0 Å². The van der Waals surface area contributed by atoms with Gasteiger partial charge in [-0.1, -0.05) is 43.1 Å². The largest absolute Gasteiger partial charge is 0.461 e. The Morgan fingerprint density at radius 3 is 2.64 bits per heavy atom. The van der Waals surface area contributed by atoms with E-state index in [0.29, 0.717) is 35.8 Å². The van der Waals surface area contributed by atoms with Crippen LogP contribution in [0, 0.1) is 6.92 Å². The lowest BCUT2D eigenvalue weighted by Gasteiger charge is -2.35. The zero-order valence-corrected chi connectivity index (χ0v) is 28.0. The molecule has 0 aliphatic carbocycles. The van der Waals surface area contributed by atoms with E-state index in [2.05, 4.69) is 63.5 Å². The first-order chi connectivity index (χ1) is 20.0. The van der Waals surface area contributed by atoms with Crippen LogP contribution in [-0.4, -0.2) is 79.1 Å². The monoisotopic (exact) mass is 625 g/mol. The molecule has 4 aromatic rings. The van der Waals surface area contributed by atoms with Crippen molar-refractivity contribution in [2.24, 2.45) is 4.99 Å². The van der Waals surface area contributed by atoms with E-state index in [-0.39, 0.29) is 11.9 Å². The van der Waals surface area contributed by atoms with E-state index >= 15 is 0 Å². The highest BCUT2D eigenvalue weighted by Gasteiger charge is 2.33. The molecule has 0 spiro atoms. The molecule has 42 heavy (non-hydrogen) atoms. The number of aryl methyl sites for hydroxylation is 1. The van der Waals surface area contributed by atoms with Crippen LogP contribution in [-0.2, 0) is 16.2 Å². The Bertz CT molecular complexity index is 1640. The molecule has 13 heteroatoms. The Labute approximate surface area is 255 Å². The van der Waals surface area contributed by atoms with Crippen molar-refractivity contribution in [2.75, 3.05) is 45.3 Å². The van der Waals surface area contributed by atoms with Gasteiger partial charge in [-0.3, -0.25) is 4.57 Å². The number of carbonyl (C=O) groups excluding carboxylic acids is 1. The normalized spacial score (nSPS) is 14.9. The van der Waals surface area contributed by atoms with E-state index < -0.39 is 8.07 Å². The number of ether oxygens (including phenoxy) is 2. The van der Waals surface area contributed by atoms with Crippen LogP contribution < -0.4 is 9.70 Å². The highest BCUT2D eigenvalue weighted by Crippen LogP contribution is 2.38. The number of carbonyl (C=O) groups is 1. The number of likely N-dealkylation sites (tertiary alicyclic amines) is 1. The van der Waals surface area contributed by atoms with Gasteiger partial charge in [-0.2, -0.15) is 4.99 Å². The molecule has 0 saturated carbocycles. The molecule has 1 fully saturated rings. The summed E-state index contributed by atoms with van der Waals surface area (Å²) in [5, 5.41) is 9.69. The van der Waals surface area contributed by atoms with Crippen LogP contribution in [0.1, 0.15) is 33.8 Å². The van der Waals surface area contributed by atoms with Crippen LogP contribution in [0.5, 0.6) is 0 Å². The highest BCUT2D eigenvalue weighted by atomic mass is 32.1. The van der Waals surface area contributed by atoms with Gasteiger partial charge in [0.05, 0.1) is 16.8 Å². The number of aromatic nitrogens is 4. The molecule has 0 radical (unpaired) electrons. The summed E-state index contributed by atoms with van der Waals surface area (Å²) < 4.78 is 14.7. The third kappa shape index (κ3) is 6.81. The number of hydrogen-bond acceptors (Lipinski definition) is 11. The number of benzene rings is 1. The topological polar surface area (TPSA) is 98.0 Å². The van der Waals surface area contributed by atoms with Crippen LogP contribution in [0.2, 0.25) is 25.7 Å². The van der Waals surface area contributed by atoms with E-state index in [1.807, 2.05) is 37.1 Å². The molecule has 4 heterocycles. The fourth-order valence-corrected chi connectivity index (χ4v) is 7.53. The van der Waals surface area contributed by atoms with Crippen molar-refractivity contribution in [1.29, 1.82) is 0 Å². The SMILES string of the molecule is CCOC(=O)c1nc(N(C)c2cc(C)c(N=c3sc4ccccc4n3COCC[Si](C)(C)C)nn2)sc1C1CN(C)C1. The van der Waals surface area contributed by atoms with Crippen LogP contribution in [0.4, 0.5) is 16.8 Å². The van der Waals surface area contributed by atoms with Gasteiger partial charge in [0.25, 0.3) is 0 Å². The van der Waals surface area contributed by atoms with Crippen molar-refractivity contribution < 1.29 is 14.3 Å². The predicted octanol–water partition coefficient (Wildman–Crippen LogP) is 5.78. The quantitative estimate of drug-likeness (QED) is 0.118. The zero-order chi connectivity index (χ0) is 30.0. The molecule has 1 aliphatic heterocycles. The minimum Gasteiger partial charge on any atom is -0.461 e. The lowest BCUT2D eigenvalue weighted by molar-refractivity contribution is 0.0516. The first kappa shape index (κ1) is 30.5. The van der Waals surface area contributed by atoms with Crippen LogP contribution in [0.15, 0.2) is 35.3 Å². The zero-order valence-electron chi connectivity index (χ0n) is 25.4. The van der Waals surface area contributed by atoms with Gasteiger partial charge < -0.3 is 19.3 Å². The molecule has 0 N–H and O–H groups in total. The minimum absolute atomic E-state index is 0.274. The minimum atomic E-state index is -1.18. The molecule has 0 amide bonds. The van der Waals surface area contributed by atoms with Gasteiger partial charge in [0.15, 0.2) is 27.3 Å². The Kier molecular flexibility index (Phi) is 9.23. The third-order valence-electron chi connectivity index (χ3n) is 7.13.